The van der Waals surface area contributed by atoms with Crippen LogP contribution < -0.4 is 10.5 Å². The summed E-state index contributed by atoms with van der Waals surface area (Å²) in [5.74, 6) is 0.907. The van der Waals surface area contributed by atoms with Gasteiger partial charge in [0.15, 0.2) is 5.75 Å². The Morgan fingerprint density at radius 3 is 2.65 bits per heavy atom. The Kier molecular flexibility index (Phi) is 3.17. The Balaban J connectivity index is 2.38. The number of nitrogens with two attached hydrogens (primary N) is 1. The van der Waals surface area contributed by atoms with E-state index in [4.69, 9.17) is 27.3 Å². The fourth-order valence-electron chi connectivity index (χ4n) is 1.36. The second-order valence-corrected chi connectivity index (χ2v) is 3.83. The number of nitrogens with zero attached hydrogens (tertiary/aromatic N) is 1. The Morgan fingerprint density at radius 2 is 1.88 bits per heavy atom. The van der Waals surface area contributed by atoms with Crippen molar-refractivity contribution in [3.8, 4) is 17.6 Å². The molecule has 2 rings (SSSR count). The molecule has 4 heteroatoms. The van der Waals surface area contributed by atoms with Crippen molar-refractivity contribution in [1.29, 1.82) is 5.26 Å². The molecule has 0 aliphatic rings. The first-order valence-electron chi connectivity index (χ1n) is 4.92. The van der Waals surface area contributed by atoms with Gasteiger partial charge in [-0.3, -0.25) is 0 Å². The maximum absolute atomic E-state index is 8.93. The number of benzene rings is 2. The fourth-order valence-corrected chi connectivity index (χ4v) is 1.53. The zero-order valence-electron chi connectivity index (χ0n) is 8.85. The lowest BCUT2D eigenvalue weighted by Crippen LogP contribution is -1.93. The molecule has 3 nitrogen and oxygen atoms in total. The van der Waals surface area contributed by atoms with E-state index in [1.165, 1.54) is 0 Å². The lowest BCUT2D eigenvalue weighted by Gasteiger charge is -2.09. The summed E-state index contributed by atoms with van der Waals surface area (Å²) >= 11 is 5.86. The molecule has 17 heavy (non-hydrogen) atoms. The highest BCUT2D eigenvalue weighted by atomic mass is 35.5. The molecule has 0 aliphatic heterocycles. The van der Waals surface area contributed by atoms with Crippen molar-refractivity contribution < 1.29 is 4.74 Å². The standard InChI is InChI=1S/C13H9ClN2O/c14-10-5-6-11(16)13(7-10)17-12-4-2-1-3-9(12)8-15/h1-7H,16H2. The van der Waals surface area contributed by atoms with Gasteiger partial charge in [-0.25, -0.2) is 0 Å². The van der Waals surface area contributed by atoms with Crippen LogP contribution in [0.3, 0.4) is 0 Å². The van der Waals surface area contributed by atoms with Crippen molar-refractivity contribution in [1.82, 2.24) is 0 Å². The van der Waals surface area contributed by atoms with Crippen LogP contribution in [-0.2, 0) is 0 Å². The highest BCUT2D eigenvalue weighted by Crippen LogP contribution is 2.31. The number of hydrogen-bond donors (Lipinski definition) is 1. The van der Waals surface area contributed by atoms with Gasteiger partial charge in [-0.15, -0.1) is 0 Å². The number of nitriles is 1. The van der Waals surface area contributed by atoms with Gasteiger partial charge < -0.3 is 10.5 Å². The molecule has 0 aliphatic carbocycles. The molecule has 0 saturated carbocycles. The van der Waals surface area contributed by atoms with Crippen molar-refractivity contribution in [3.05, 3.63) is 53.1 Å². The average Bonchev–Trinajstić information content (AvgIpc) is 2.34. The first kappa shape index (κ1) is 11.3. The van der Waals surface area contributed by atoms with Crippen LogP contribution in [0.4, 0.5) is 5.69 Å². The minimum atomic E-state index is 0.445. The third-order valence-electron chi connectivity index (χ3n) is 2.20. The monoisotopic (exact) mass is 244 g/mol. The summed E-state index contributed by atoms with van der Waals surface area (Å²) in [5, 5.41) is 9.46. The number of rotatable bonds is 2. The highest BCUT2D eigenvalue weighted by molar-refractivity contribution is 6.30. The molecule has 2 N–H and O–H groups in total. The van der Waals surface area contributed by atoms with Crippen LogP contribution in [0.1, 0.15) is 5.56 Å². The predicted molar refractivity (Wildman–Crippen MR) is 67.1 cm³/mol. The van der Waals surface area contributed by atoms with Gasteiger partial charge in [0, 0.05) is 11.1 Å². The normalized spacial score (nSPS) is 9.65. The predicted octanol–water partition coefficient (Wildman–Crippen LogP) is 3.59. The lowest BCUT2D eigenvalue weighted by molar-refractivity contribution is 0.483. The van der Waals surface area contributed by atoms with Crippen LogP contribution >= 0.6 is 11.6 Å². The van der Waals surface area contributed by atoms with Crippen molar-refractivity contribution in [2.45, 2.75) is 0 Å². The summed E-state index contributed by atoms with van der Waals surface area (Å²) < 4.78 is 5.58. The topological polar surface area (TPSA) is 59.0 Å². The second-order valence-electron chi connectivity index (χ2n) is 3.39. The maximum Gasteiger partial charge on any atom is 0.151 e. The Labute approximate surface area is 104 Å². The molecule has 0 spiro atoms. The van der Waals surface area contributed by atoms with Crippen LogP contribution in [0.15, 0.2) is 42.5 Å². The zero-order chi connectivity index (χ0) is 12.3. The van der Waals surface area contributed by atoms with Crippen molar-refractivity contribution in [3.63, 3.8) is 0 Å². The van der Waals surface area contributed by atoms with E-state index < -0.39 is 0 Å². The van der Waals surface area contributed by atoms with E-state index in [-0.39, 0.29) is 0 Å². The van der Waals surface area contributed by atoms with Gasteiger partial charge in [0.2, 0.25) is 0 Å². The first-order chi connectivity index (χ1) is 8.20. The number of anilines is 1. The van der Waals surface area contributed by atoms with Crippen LogP contribution in [0.25, 0.3) is 0 Å². The van der Waals surface area contributed by atoms with Crippen LogP contribution in [-0.4, -0.2) is 0 Å². The third kappa shape index (κ3) is 2.49. The molecule has 2 aromatic rings. The largest absolute Gasteiger partial charge is 0.454 e. The van der Waals surface area contributed by atoms with Gasteiger partial charge in [-0.2, -0.15) is 5.26 Å². The summed E-state index contributed by atoms with van der Waals surface area (Å²) in [6.45, 7) is 0. The summed E-state index contributed by atoms with van der Waals surface area (Å²) in [4.78, 5) is 0. The van der Waals surface area contributed by atoms with Gasteiger partial charge in [-0.05, 0) is 24.3 Å². The number of ether oxygens (including phenoxy) is 1. The Bertz CT molecular complexity index is 590. The van der Waals surface area contributed by atoms with E-state index >= 15 is 0 Å². The molecule has 0 bridgehead atoms. The molecule has 2 aromatic carbocycles. The highest BCUT2D eigenvalue weighted by Gasteiger charge is 2.06. The number of hydrogen-bond acceptors (Lipinski definition) is 3. The summed E-state index contributed by atoms with van der Waals surface area (Å²) in [6, 6.07) is 14.0. The lowest BCUT2D eigenvalue weighted by atomic mass is 10.2. The van der Waals surface area contributed by atoms with Gasteiger partial charge >= 0.3 is 0 Å². The molecular formula is C13H9ClN2O. The molecule has 84 valence electrons. The smallest absolute Gasteiger partial charge is 0.151 e. The summed E-state index contributed by atoms with van der Waals surface area (Å²) in [5.41, 5.74) is 6.69. The molecule has 0 saturated heterocycles. The minimum Gasteiger partial charge on any atom is -0.454 e. The molecule has 0 unspecified atom stereocenters. The molecule has 0 atom stereocenters. The second kappa shape index (κ2) is 4.77. The van der Waals surface area contributed by atoms with Crippen molar-refractivity contribution in [2.24, 2.45) is 0 Å². The van der Waals surface area contributed by atoms with Crippen LogP contribution in [0, 0.1) is 11.3 Å². The third-order valence-corrected chi connectivity index (χ3v) is 2.44. The van der Waals surface area contributed by atoms with Crippen LogP contribution in [0.2, 0.25) is 5.02 Å². The molecule has 0 aromatic heterocycles. The van der Waals surface area contributed by atoms with Crippen LogP contribution in [0.5, 0.6) is 11.5 Å². The molecule has 0 heterocycles. The Hall–Kier alpha value is -2.18. The van der Waals surface area contributed by atoms with E-state index in [0.29, 0.717) is 27.8 Å². The number of halogens is 1. The molecular weight excluding hydrogens is 236 g/mol. The van der Waals surface area contributed by atoms with E-state index in [1.54, 1.807) is 42.5 Å². The zero-order valence-corrected chi connectivity index (χ0v) is 9.61. The van der Waals surface area contributed by atoms with Crippen molar-refractivity contribution in [2.75, 3.05) is 5.73 Å². The fraction of sp³-hybridized carbons (Fsp3) is 0. The summed E-state index contributed by atoms with van der Waals surface area (Å²) in [7, 11) is 0. The average molecular weight is 245 g/mol. The molecule has 0 fully saturated rings. The van der Waals surface area contributed by atoms with E-state index in [1.807, 2.05) is 0 Å². The van der Waals surface area contributed by atoms with Gasteiger partial charge in [0.05, 0.1) is 11.3 Å². The summed E-state index contributed by atoms with van der Waals surface area (Å²) in [6.07, 6.45) is 0. The van der Waals surface area contributed by atoms with Gasteiger partial charge in [0.1, 0.15) is 11.8 Å². The number of nitrogen functional groups attached to an aromatic ring is 1. The Morgan fingerprint density at radius 1 is 1.12 bits per heavy atom. The van der Waals surface area contributed by atoms with Crippen molar-refractivity contribution >= 4 is 17.3 Å². The van der Waals surface area contributed by atoms with Gasteiger partial charge in [-0.1, -0.05) is 23.7 Å². The molecule has 0 amide bonds. The SMILES string of the molecule is N#Cc1ccccc1Oc1cc(Cl)ccc1N. The quantitative estimate of drug-likeness (QED) is 0.822. The van der Waals surface area contributed by atoms with Gasteiger partial charge in [0.25, 0.3) is 0 Å². The van der Waals surface area contributed by atoms with E-state index in [2.05, 4.69) is 6.07 Å². The first-order valence-corrected chi connectivity index (χ1v) is 5.30. The number of para-hydroxylation sites is 1. The van der Waals surface area contributed by atoms with E-state index in [0.717, 1.165) is 0 Å². The van der Waals surface area contributed by atoms with E-state index in [9.17, 15) is 0 Å². The minimum absolute atomic E-state index is 0.445. The maximum atomic E-state index is 8.93. The molecule has 0 radical (unpaired) electrons.